The molecule has 1 aromatic heterocycles. The average molecular weight is 333 g/mol. The normalized spacial score (nSPS) is 10.3. The zero-order valence-electron chi connectivity index (χ0n) is 13.8. The summed E-state index contributed by atoms with van der Waals surface area (Å²) in [6.07, 6.45) is -1.10. The highest BCUT2D eigenvalue weighted by Gasteiger charge is 2.29. The van der Waals surface area contributed by atoms with Crippen LogP contribution < -0.4 is 4.74 Å². The summed E-state index contributed by atoms with van der Waals surface area (Å²) in [5.74, 6) is -3.71. The molecule has 130 valence electrons. The molecule has 0 spiro atoms. The average Bonchev–Trinajstić information content (AvgIpc) is 2.54. The number of ether oxygens (including phenoxy) is 1. The fourth-order valence-electron chi connectivity index (χ4n) is 1.82. The summed E-state index contributed by atoms with van der Waals surface area (Å²) < 4.78 is 43.8. The van der Waals surface area contributed by atoms with Gasteiger partial charge in [0, 0.05) is 23.2 Å². The lowest BCUT2D eigenvalue weighted by molar-refractivity contribution is -0.375. The van der Waals surface area contributed by atoms with Gasteiger partial charge in [-0.15, -0.1) is 4.39 Å². The maximum Gasteiger partial charge on any atom is 0.492 e. The van der Waals surface area contributed by atoms with E-state index < -0.39 is 23.6 Å². The second kappa shape index (κ2) is 9.32. The van der Waals surface area contributed by atoms with Gasteiger partial charge in [-0.1, -0.05) is 34.6 Å². The maximum absolute atomic E-state index is 13.7. The lowest BCUT2D eigenvalue weighted by atomic mass is 10.0. The second-order valence-corrected chi connectivity index (χ2v) is 3.88. The minimum Gasteiger partial charge on any atom is -0.409 e. The van der Waals surface area contributed by atoms with Crippen molar-refractivity contribution in [3.05, 3.63) is 35.7 Å². The number of aromatic nitrogens is 1. The summed E-state index contributed by atoms with van der Waals surface area (Å²) in [7, 11) is 0. The summed E-state index contributed by atoms with van der Waals surface area (Å²) in [6, 6.07) is 0.873. The van der Waals surface area contributed by atoms with Crippen LogP contribution in [-0.4, -0.2) is 21.4 Å². The number of benzene rings is 1. The molecule has 0 aliphatic rings. The molecule has 0 aliphatic carbocycles. The molecule has 7 heteroatoms. The largest absolute Gasteiger partial charge is 0.492 e. The van der Waals surface area contributed by atoms with Crippen molar-refractivity contribution < 1.29 is 28.1 Å². The number of halogens is 3. The van der Waals surface area contributed by atoms with Crippen LogP contribution >= 0.6 is 0 Å². The molecule has 23 heavy (non-hydrogen) atoms. The van der Waals surface area contributed by atoms with Gasteiger partial charge in [-0.3, -0.25) is 4.98 Å². The van der Waals surface area contributed by atoms with Crippen molar-refractivity contribution >= 4 is 10.8 Å². The minimum atomic E-state index is -4.10. The Hall–Kier alpha value is -1.86. The Kier molecular flexibility index (Phi) is 8.56. The first-order chi connectivity index (χ1) is 10.8. The number of hydrogen-bond acceptors (Lipinski definition) is 4. The van der Waals surface area contributed by atoms with Gasteiger partial charge in [-0.2, -0.15) is 4.39 Å². The third kappa shape index (κ3) is 5.37. The molecule has 2 rings (SSSR count). The van der Waals surface area contributed by atoms with Crippen molar-refractivity contribution in [1.29, 1.82) is 0 Å². The van der Waals surface area contributed by atoms with Crippen LogP contribution in [0, 0.1) is 11.6 Å². The van der Waals surface area contributed by atoms with Gasteiger partial charge < -0.3 is 14.9 Å². The van der Waals surface area contributed by atoms with Gasteiger partial charge in [0.2, 0.25) is 5.82 Å². The number of nitrogens with zero attached hydrogens (tertiary/aromatic N) is 1. The van der Waals surface area contributed by atoms with Crippen LogP contribution in [0.2, 0.25) is 0 Å². The Bertz CT molecular complexity index is 628. The van der Waals surface area contributed by atoms with Crippen molar-refractivity contribution in [3.8, 4) is 5.75 Å². The Labute approximate surface area is 133 Å². The fraction of sp³-hybridized carbons (Fsp3) is 0.438. The summed E-state index contributed by atoms with van der Waals surface area (Å²) in [6.45, 7) is 9.72. The maximum atomic E-state index is 13.7. The van der Waals surface area contributed by atoms with Crippen molar-refractivity contribution in [2.45, 2.75) is 47.3 Å². The molecular weight excluding hydrogens is 311 g/mol. The van der Waals surface area contributed by atoms with Gasteiger partial charge in [-0.25, -0.2) is 4.39 Å². The highest BCUT2D eigenvalue weighted by molar-refractivity contribution is 5.91. The number of hydrogen-bond donors (Lipinski definition) is 2. The summed E-state index contributed by atoms with van der Waals surface area (Å²) >= 11 is 0. The first-order valence-corrected chi connectivity index (χ1v) is 7.40. The van der Waals surface area contributed by atoms with Crippen LogP contribution in [-0.2, 0) is 6.42 Å². The molecule has 0 radical (unpaired) electrons. The zero-order chi connectivity index (χ0) is 18.2. The molecule has 0 saturated carbocycles. The van der Waals surface area contributed by atoms with Crippen LogP contribution in [0.25, 0.3) is 10.8 Å². The quantitative estimate of drug-likeness (QED) is 0.831. The van der Waals surface area contributed by atoms with E-state index in [1.165, 1.54) is 12.4 Å². The van der Waals surface area contributed by atoms with Gasteiger partial charge in [0.1, 0.15) is 0 Å². The molecule has 1 aromatic carbocycles. The van der Waals surface area contributed by atoms with Gasteiger partial charge in [0.25, 0.3) is 0 Å². The third-order valence-corrected chi connectivity index (χ3v) is 2.58. The van der Waals surface area contributed by atoms with Crippen LogP contribution in [0.4, 0.5) is 13.2 Å². The van der Waals surface area contributed by atoms with E-state index in [9.17, 15) is 13.2 Å². The number of rotatable bonds is 3. The first kappa shape index (κ1) is 21.1. The summed E-state index contributed by atoms with van der Waals surface area (Å²) in [5, 5.41) is 17.4. The number of aliphatic hydroxyl groups is 2. The van der Waals surface area contributed by atoms with E-state index in [-0.39, 0.29) is 10.8 Å². The van der Waals surface area contributed by atoms with E-state index in [1.807, 2.05) is 27.7 Å². The Morgan fingerprint density at radius 3 is 2.17 bits per heavy atom. The lowest BCUT2D eigenvalue weighted by Gasteiger charge is -2.17. The SMILES string of the molecule is CC.CC.CCc1cncc2cc(F)c(F)c(OC(O)(O)F)c12. The third-order valence-electron chi connectivity index (χ3n) is 2.58. The monoisotopic (exact) mass is 333 g/mol. The highest BCUT2D eigenvalue weighted by atomic mass is 19.2. The smallest absolute Gasteiger partial charge is 0.409 e. The van der Waals surface area contributed by atoms with E-state index in [0.717, 1.165) is 6.07 Å². The molecule has 0 bridgehead atoms. The van der Waals surface area contributed by atoms with Gasteiger partial charge in [-0.05, 0) is 18.1 Å². The molecule has 0 atom stereocenters. The van der Waals surface area contributed by atoms with E-state index in [1.54, 1.807) is 6.92 Å². The molecule has 1 heterocycles. The number of alkyl halides is 1. The molecule has 0 aliphatic heterocycles. The van der Waals surface area contributed by atoms with E-state index in [2.05, 4.69) is 9.72 Å². The fourth-order valence-corrected chi connectivity index (χ4v) is 1.82. The first-order valence-electron chi connectivity index (χ1n) is 7.40. The number of pyridine rings is 1. The lowest BCUT2D eigenvalue weighted by Crippen LogP contribution is -2.29. The minimum absolute atomic E-state index is 0.0431. The summed E-state index contributed by atoms with van der Waals surface area (Å²) in [5.41, 5.74) is 0.454. The number of aryl methyl sites for hydroxylation is 1. The molecule has 2 N–H and O–H groups in total. The van der Waals surface area contributed by atoms with Crippen molar-refractivity contribution in [1.82, 2.24) is 4.98 Å². The molecule has 0 amide bonds. The Morgan fingerprint density at radius 2 is 1.70 bits per heavy atom. The van der Waals surface area contributed by atoms with Gasteiger partial charge >= 0.3 is 6.23 Å². The second-order valence-electron chi connectivity index (χ2n) is 3.88. The Balaban J connectivity index is 0.00000112. The zero-order valence-corrected chi connectivity index (χ0v) is 13.8. The van der Waals surface area contributed by atoms with Crippen molar-refractivity contribution in [3.63, 3.8) is 0 Å². The van der Waals surface area contributed by atoms with Crippen LogP contribution in [0.1, 0.15) is 40.2 Å². The highest BCUT2D eigenvalue weighted by Crippen LogP contribution is 2.35. The molecule has 0 unspecified atom stereocenters. The van der Waals surface area contributed by atoms with E-state index in [0.29, 0.717) is 12.0 Å². The van der Waals surface area contributed by atoms with Crippen molar-refractivity contribution in [2.24, 2.45) is 0 Å². The predicted octanol–water partition coefficient (Wildman–Crippen LogP) is 4.07. The topological polar surface area (TPSA) is 62.6 Å². The Morgan fingerprint density at radius 1 is 1.13 bits per heavy atom. The number of fused-ring (bicyclic) bond motifs is 1. The molecule has 4 nitrogen and oxygen atoms in total. The van der Waals surface area contributed by atoms with Crippen LogP contribution in [0.5, 0.6) is 5.75 Å². The molecule has 0 fully saturated rings. The van der Waals surface area contributed by atoms with Gasteiger partial charge in [0.05, 0.1) is 0 Å². The summed E-state index contributed by atoms with van der Waals surface area (Å²) in [4.78, 5) is 3.83. The predicted molar refractivity (Wildman–Crippen MR) is 82.6 cm³/mol. The molecular formula is C16H22F3NO3. The standard InChI is InChI=1S/C12H10F3NO3.2C2H6/c1-2-6-4-16-5-7-3-8(13)10(14)11(9(6)7)19-12(15,17)18;2*1-2/h3-5,17-18H,2H2,1H3;2*1-2H3. The van der Waals surface area contributed by atoms with Crippen molar-refractivity contribution in [2.75, 3.05) is 0 Å². The molecule has 2 aromatic rings. The molecule has 0 saturated heterocycles. The van der Waals surface area contributed by atoms with E-state index >= 15 is 0 Å². The van der Waals surface area contributed by atoms with E-state index in [4.69, 9.17) is 10.2 Å². The van der Waals surface area contributed by atoms with Crippen LogP contribution in [0.3, 0.4) is 0 Å². The van der Waals surface area contributed by atoms with Crippen LogP contribution in [0.15, 0.2) is 18.5 Å². The van der Waals surface area contributed by atoms with Gasteiger partial charge in [0.15, 0.2) is 11.6 Å².